The number of carbonyl (C=O) groups is 1. The smallest absolute Gasteiger partial charge is 0.350 e. The highest BCUT2D eigenvalue weighted by atomic mass is 19.4. The van der Waals surface area contributed by atoms with Gasteiger partial charge in [-0.3, -0.25) is 4.79 Å². The Bertz CT molecular complexity index is 1040. The first-order valence-electron chi connectivity index (χ1n) is 7.24. The molecule has 0 spiro atoms. The number of anilines is 1. The molecule has 0 fully saturated rings. The molecule has 3 aromatic rings. The minimum atomic E-state index is -4.73. The molecule has 0 aliphatic heterocycles. The monoisotopic (exact) mass is 405 g/mol. The van der Waals surface area contributed by atoms with Gasteiger partial charge in [0, 0.05) is 11.6 Å². The maximum Gasteiger partial charge on any atom is 0.417 e. The van der Waals surface area contributed by atoms with Gasteiger partial charge in [0.15, 0.2) is 0 Å². The number of nitrogens with one attached hydrogen (secondary N) is 1. The van der Waals surface area contributed by atoms with Crippen molar-refractivity contribution in [1.82, 2.24) is 10.1 Å². The lowest BCUT2D eigenvalue weighted by Crippen LogP contribution is -2.16. The van der Waals surface area contributed by atoms with E-state index in [0.717, 1.165) is 24.3 Å². The summed E-state index contributed by atoms with van der Waals surface area (Å²) < 4.78 is 97.0. The Morgan fingerprint density at radius 3 is 2.21 bits per heavy atom. The van der Waals surface area contributed by atoms with Crippen molar-refractivity contribution in [3.05, 3.63) is 65.2 Å². The molecule has 2 heterocycles. The van der Waals surface area contributed by atoms with E-state index in [-0.39, 0.29) is 0 Å². The Labute approximate surface area is 150 Å². The number of nitrogens with zero attached hydrogens (tertiary/aromatic N) is 2. The van der Waals surface area contributed by atoms with Gasteiger partial charge >= 0.3 is 6.18 Å². The summed E-state index contributed by atoms with van der Waals surface area (Å²) in [5.41, 5.74) is -3.36. The Balaban J connectivity index is 1.94. The summed E-state index contributed by atoms with van der Waals surface area (Å²) in [4.78, 5) is 14.3. The van der Waals surface area contributed by atoms with Crippen molar-refractivity contribution in [2.75, 3.05) is 5.32 Å². The number of halogens is 7. The number of carbonyl (C=O) groups excluding carboxylic acids is 1. The molecule has 1 N–H and O–H groups in total. The summed E-state index contributed by atoms with van der Waals surface area (Å²) in [7, 11) is 0. The van der Waals surface area contributed by atoms with E-state index in [1.165, 1.54) is 11.4 Å². The average molecular weight is 405 g/mol. The van der Waals surface area contributed by atoms with Crippen molar-refractivity contribution in [3.63, 3.8) is 0 Å². The number of benzene rings is 1. The fraction of sp³-hybridized carbons (Fsp3) is 0.0625. The van der Waals surface area contributed by atoms with Crippen molar-refractivity contribution in [1.29, 1.82) is 0 Å². The second-order valence-electron chi connectivity index (χ2n) is 5.27. The standard InChI is InChI=1S/C16H6F7N3O2/c17-10-12(11(18)14(20)25-13(10)19)24-15(27)9-5-8(26-28-9)6-3-1-2-4-7(6)16(21,22)23/h1-5H,(H,24,25,27). The third kappa shape index (κ3) is 3.52. The lowest BCUT2D eigenvalue weighted by Gasteiger charge is -2.10. The van der Waals surface area contributed by atoms with Crippen molar-refractivity contribution >= 4 is 11.6 Å². The molecule has 2 aromatic heterocycles. The summed E-state index contributed by atoms with van der Waals surface area (Å²) in [5, 5.41) is 4.84. The maximum atomic E-state index is 13.5. The molecule has 146 valence electrons. The van der Waals surface area contributed by atoms with Crippen molar-refractivity contribution in [2.45, 2.75) is 6.18 Å². The normalized spacial score (nSPS) is 11.5. The highest BCUT2D eigenvalue weighted by molar-refractivity contribution is 6.02. The van der Waals surface area contributed by atoms with Gasteiger partial charge in [-0.2, -0.15) is 35.7 Å². The van der Waals surface area contributed by atoms with Crippen LogP contribution >= 0.6 is 0 Å². The van der Waals surface area contributed by atoms with Gasteiger partial charge in [0.25, 0.3) is 17.8 Å². The molecule has 28 heavy (non-hydrogen) atoms. The summed E-state index contributed by atoms with van der Waals surface area (Å²) in [6.07, 6.45) is -4.73. The summed E-state index contributed by atoms with van der Waals surface area (Å²) in [6, 6.07) is 5.03. The zero-order chi connectivity index (χ0) is 20.6. The van der Waals surface area contributed by atoms with Crippen LogP contribution in [0.25, 0.3) is 11.3 Å². The number of alkyl halides is 3. The van der Waals surface area contributed by atoms with Crippen LogP contribution in [0.3, 0.4) is 0 Å². The van der Waals surface area contributed by atoms with Crippen LogP contribution < -0.4 is 5.32 Å². The van der Waals surface area contributed by atoms with E-state index in [4.69, 9.17) is 0 Å². The van der Waals surface area contributed by atoms with Gasteiger partial charge in [-0.15, -0.1) is 0 Å². The fourth-order valence-electron chi connectivity index (χ4n) is 2.23. The zero-order valence-corrected chi connectivity index (χ0v) is 13.2. The molecule has 0 radical (unpaired) electrons. The van der Waals surface area contributed by atoms with Gasteiger partial charge in [0.2, 0.25) is 17.4 Å². The molecule has 0 atom stereocenters. The van der Waals surface area contributed by atoms with Gasteiger partial charge < -0.3 is 9.84 Å². The number of hydrogen-bond donors (Lipinski definition) is 1. The minimum Gasteiger partial charge on any atom is -0.350 e. The molecular formula is C16H6F7N3O2. The SMILES string of the molecule is O=C(Nc1c(F)c(F)nc(F)c1F)c1cc(-c2ccccc2C(F)(F)F)no1. The molecule has 0 unspecified atom stereocenters. The first kappa shape index (κ1) is 19.3. The number of hydrogen-bond acceptors (Lipinski definition) is 4. The predicted octanol–water partition coefficient (Wildman–Crippen LogP) is 4.56. The number of aromatic nitrogens is 2. The van der Waals surface area contributed by atoms with E-state index in [1.54, 1.807) is 0 Å². The van der Waals surface area contributed by atoms with E-state index in [9.17, 15) is 35.5 Å². The third-order valence-corrected chi connectivity index (χ3v) is 3.48. The predicted molar refractivity (Wildman–Crippen MR) is 79.0 cm³/mol. The molecule has 0 saturated carbocycles. The van der Waals surface area contributed by atoms with Gasteiger partial charge in [-0.05, 0) is 6.07 Å². The molecule has 0 aliphatic rings. The van der Waals surface area contributed by atoms with Crippen LogP contribution in [-0.4, -0.2) is 16.0 Å². The van der Waals surface area contributed by atoms with E-state index in [0.29, 0.717) is 0 Å². The Morgan fingerprint density at radius 1 is 1.00 bits per heavy atom. The van der Waals surface area contributed by atoms with E-state index in [2.05, 4.69) is 14.7 Å². The van der Waals surface area contributed by atoms with Crippen molar-refractivity contribution < 1.29 is 40.1 Å². The van der Waals surface area contributed by atoms with Gasteiger partial charge in [-0.1, -0.05) is 23.4 Å². The van der Waals surface area contributed by atoms with Gasteiger partial charge in [0.1, 0.15) is 11.4 Å². The summed E-state index contributed by atoms with van der Waals surface area (Å²) in [6.45, 7) is 0. The van der Waals surface area contributed by atoms with Crippen molar-refractivity contribution in [3.8, 4) is 11.3 Å². The molecular weight excluding hydrogens is 399 g/mol. The lowest BCUT2D eigenvalue weighted by molar-refractivity contribution is -0.137. The third-order valence-electron chi connectivity index (χ3n) is 3.48. The summed E-state index contributed by atoms with van der Waals surface area (Å²) >= 11 is 0. The second kappa shape index (κ2) is 6.94. The van der Waals surface area contributed by atoms with Crippen molar-refractivity contribution in [2.24, 2.45) is 0 Å². The Morgan fingerprint density at radius 2 is 1.61 bits per heavy atom. The molecule has 0 saturated heterocycles. The largest absolute Gasteiger partial charge is 0.417 e. The highest BCUT2D eigenvalue weighted by Crippen LogP contribution is 2.36. The van der Waals surface area contributed by atoms with Gasteiger partial charge in [0.05, 0.1) is 5.56 Å². The van der Waals surface area contributed by atoms with E-state index >= 15 is 0 Å². The van der Waals surface area contributed by atoms with Crippen LogP contribution in [0, 0.1) is 23.5 Å². The van der Waals surface area contributed by atoms with Crippen LogP contribution in [0.15, 0.2) is 34.9 Å². The quantitative estimate of drug-likeness (QED) is 0.512. The molecule has 1 amide bonds. The van der Waals surface area contributed by atoms with E-state index < -0.39 is 63.9 Å². The first-order valence-corrected chi connectivity index (χ1v) is 7.24. The Hall–Kier alpha value is -3.44. The van der Waals surface area contributed by atoms with E-state index in [1.807, 2.05) is 0 Å². The molecule has 0 aliphatic carbocycles. The lowest BCUT2D eigenvalue weighted by atomic mass is 10.0. The number of rotatable bonds is 3. The van der Waals surface area contributed by atoms with Crippen LogP contribution in [0.4, 0.5) is 36.4 Å². The van der Waals surface area contributed by atoms with Crippen LogP contribution in [0.5, 0.6) is 0 Å². The first-order chi connectivity index (χ1) is 13.1. The molecule has 3 rings (SSSR count). The highest BCUT2D eigenvalue weighted by Gasteiger charge is 2.34. The second-order valence-corrected chi connectivity index (χ2v) is 5.27. The molecule has 5 nitrogen and oxygen atoms in total. The number of pyridine rings is 1. The fourth-order valence-corrected chi connectivity index (χ4v) is 2.23. The van der Waals surface area contributed by atoms with Gasteiger partial charge in [-0.25, -0.2) is 0 Å². The minimum absolute atomic E-state index is 0.397. The van der Waals surface area contributed by atoms with Crippen LogP contribution in [0.2, 0.25) is 0 Å². The van der Waals surface area contributed by atoms with Crippen LogP contribution in [-0.2, 0) is 6.18 Å². The summed E-state index contributed by atoms with van der Waals surface area (Å²) in [5.74, 6) is -10.1. The zero-order valence-electron chi connectivity index (χ0n) is 13.2. The van der Waals surface area contributed by atoms with Crippen LogP contribution in [0.1, 0.15) is 16.1 Å². The topological polar surface area (TPSA) is 68.0 Å². The average Bonchev–Trinajstić information content (AvgIpc) is 3.13. The molecule has 12 heteroatoms. The number of amides is 1. The molecule has 0 bridgehead atoms. The maximum absolute atomic E-state index is 13.5. The Kier molecular flexibility index (Phi) is 4.79. The molecule has 1 aromatic carbocycles.